The van der Waals surface area contributed by atoms with E-state index >= 15 is 0 Å². The summed E-state index contributed by atoms with van der Waals surface area (Å²) in [6, 6.07) is 5.01. The van der Waals surface area contributed by atoms with E-state index in [0.717, 1.165) is 4.96 Å². The third-order valence-corrected chi connectivity index (χ3v) is 4.65. The Balaban J connectivity index is 1.85. The van der Waals surface area contributed by atoms with Crippen molar-refractivity contribution in [3.05, 3.63) is 57.3 Å². The average Bonchev–Trinajstić information content (AvgIpc) is 3.10. The second-order valence-electron chi connectivity index (χ2n) is 4.82. The summed E-state index contributed by atoms with van der Waals surface area (Å²) in [5, 5.41) is 12.2. The van der Waals surface area contributed by atoms with Crippen molar-refractivity contribution < 1.29 is 9.90 Å². The summed E-state index contributed by atoms with van der Waals surface area (Å²) in [5.41, 5.74) is 2.55. The molecule has 1 aliphatic rings. The number of rotatable bonds is 1. The molecule has 0 unspecified atom stereocenters. The van der Waals surface area contributed by atoms with E-state index in [1.807, 2.05) is 16.0 Å². The third kappa shape index (κ3) is 1.81. The minimum atomic E-state index is -0.0675. The van der Waals surface area contributed by atoms with Gasteiger partial charge in [0.2, 0.25) is 0 Å². The molecule has 3 aromatic rings. The maximum atomic E-state index is 12.4. The lowest BCUT2D eigenvalue weighted by Crippen LogP contribution is -1.96. The molecule has 0 amide bonds. The number of thiazole rings is 1. The number of halogens is 1. The van der Waals surface area contributed by atoms with Crippen molar-refractivity contribution in [2.75, 3.05) is 0 Å². The molecular formula is C15H9ClN2O2S. The maximum Gasteiger partial charge on any atom is 0.195 e. The molecule has 2 aromatic heterocycles. The molecule has 1 aromatic carbocycles. The van der Waals surface area contributed by atoms with E-state index in [0.29, 0.717) is 34.0 Å². The Kier molecular flexibility index (Phi) is 2.67. The number of carbonyl (C=O) groups is 1. The van der Waals surface area contributed by atoms with E-state index < -0.39 is 0 Å². The van der Waals surface area contributed by atoms with Crippen LogP contribution in [-0.4, -0.2) is 20.3 Å². The molecule has 0 radical (unpaired) electrons. The molecule has 0 bridgehead atoms. The van der Waals surface area contributed by atoms with Gasteiger partial charge in [-0.1, -0.05) is 23.7 Å². The maximum absolute atomic E-state index is 12.4. The van der Waals surface area contributed by atoms with Crippen molar-refractivity contribution in [2.24, 2.45) is 0 Å². The van der Waals surface area contributed by atoms with Gasteiger partial charge in [-0.05, 0) is 12.1 Å². The number of phenolic OH excluding ortho intramolecular Hbond substituents is 1. The van der Waals surface area contributed by atoms with Crippen LogP contribution in [0.25, 0.3) is 11.0 Å². The van der Waals surface area contributed by atoms with E-state index in [-0.39, 0.29) is 11.5 Å². The van der Waals surface area contributed by atoms with E-state index in [9.17, 15) is 9.90 Å². The minimum Gasteiger partial charge on any atom is -0.508 e. The number of ketones is 1. The zero-order chi connectivity index (χ0) is 14.6. The Bertz CT molecular complexity index is 923. The van der Waals surface area contributed by atoms with E-state index in [1.54, 1.807) is 24.3 Å². The van der Waals surface area contributed by atoms with E-state index in [2.05, 4.69) is 4.98 Å². The Hall–Kier alpha value is -2.11. The normalized spacial score (nSPS) is 16.0. The number of hydrogen-bond acceptors (Lipinski definition) is 4. The number of Topliss-reactive ketones (excluding diaryl/α,β-unsaturated/α-hetero) is 1. The third-order valence-electron chi connectivity index (χ3n) is 3.62. The zero-order valence-electron chi connectivity index (χ0n) is 10.7. The summed E-state index contributed by atoms with van der Waals surface area (Å²) in [6.07, 6.45) is 4.04. The van der Waals surface area contributed by atoms with Crippen molar-refractivity contribution in [1.82, 2.24) is 9.38 Å². The number of imidazole rings is 1. The SMILES string of the molecule is O=C1/C(=C\c2c(Cl)nc3sccn23)Cc2c(O)cccc21. The molecule has 0 aliphatic heterocycles. The van der Waals surface area contributed by atoms with Crippen LogP contribution in [0.4, 0.5) is 0 Å². The van der Waals surface area contributed by atoms with Gasteiger partial charge in [-0.3, -0.25) is 9.20 Å². The fraction of sp³-hybridized carbons (Fsp3) is 0.0667. The Morgan fingerprint density at radius 3 is 3.10 bits per heavy atom. The van der Waals surface area contributed by atoms with Gasteiger partial charge in [0, 0.05) is 34.7 Å². The fourth-order valence-corrected chi connectivity index (χ4v) is 3.60. The number of nitrogens with zero attached hydrogens (tertiary/aromatic N) is 2. The van der Waals surface area contributed by atoms with Crippen LogP contribution >= 0.6 is 22.9 Å². The highest BCUT2D eigenvalue weighted by atomic mass is 35.5. The molecule has 0 fully saturated rings. The first-order chi connectivity index (χ1) is 10.1. The van der Waals surface area contributed by atoms with Gasteiger partial charge >= 0.3 is 0 Å². The lowest BCUT2D eigenvalue weighted by molar-refractivity contribution is 0.104. The van der Waals surface area contributed by atoms with Gasteiger partial charge in [0.1, 0.15) is 5.75 Å². The molecule has 4 nitrogen and oxygen atoms in total. The molecule has 0 spiro atoms. The second-order valence-corrected chi connectivity index (χ2v) is 6.05. The number of fused-ring (bicyclic) bond motifs is 2. The van der Waals surface area contributed by atoms with Crippen molar-refractivity contribution in [3.8, 4) is 5.75 Å². The number of benzene rings is 1. The monoisotopic (exact) mass is 316 g/mol. The van der Waals surface area contributed by atoms with Gasteiger partial charge in [0.15, 0.2) is 15.9 Å². The topological polar surface area (TPSA) is 54.6 Å². The molecule has 6 heteroatoms. The first kappa shape index (κ1) is 12.6. The van der Waals surface area contributed by atoms with Gasteiger partial charge in [0.25, 0.3) is 0 Å². The Labute approximate surface area is 128 Å². The molecule has 0 atom stereocenters. The van der Waals surface area contributed by atoms with Crippen molar-refractivity contribution >= 4 is 39.8 Å². The van der Waals surface area contributed by atoms with E-state index in [4.69, 9.17) is 11.6 Å². The van der Waals surface area contributed by atoms with Crippen LogP contribution < -0.4 is 0 Å². The summed E-state index contributed by atoms with van der Waals surface area (Å²) >= 11 is 7.63. The van der Waals surface area contributed by atoms with Crippen LogP contribution in [0, 0.1) is 0 Å². The summed E-state index contributed by atoms with van der Waals surface area (Å²) < 4.78 is 1.86. The predicted molar refractivity (Wildman–Crippen MR) is 82.2 cm³/mol. The number of carbonyl (C=O) groups excluding carboxylic acids is 1. The van der Waals surface area contributed by atoms with Crippen molar-refractivity contribution in [3.63, 3.8) is 0 Å². The van der Waals surface area contributed by atoms with Gasteiger partial charge in [-0.25, -0.2) is 4.98 Å². The van der Waals surface area contributed by atoms with Crippen LogP contribution in [0.15, 0.2) is 35.3 Å². The summed E-state index contributed by atoms with van der Waals surface area (Å²) in [6.45, 7) is 0. The highest BCUT2D eigenvalue weighted by Crippen LogP contribution is 2.34. The summed E-state index contributed by atoms with van der Waals surface area (Å²) in [7, 11) is 0. The Morgan fingerprint density at radius 1 is 1.43 bits per heavy atom. The number of phenols is 1. The quantitative estimate of drug-likeness (QED) is 0.698. The van der Waals surface area contributed by atoms with Crippen LogP contribution in [0.3, 0.4) is 0 Å². The minimum absolute atomic E-state index is 0.0675. The van der Waals surface area contributed by atoms with Crippen LogP contribution in [0.2, 0.25) is 5.15 Å². The molecule has 104 valence electrons. The number of aromatic hydroxyl groups is 1. The number of aromatic nitrogens is 2. The standard InChI is InChI=1S/C15H9ClN2O2S/c16-14-11(18-4-5-21-15(18)17-14)7-8-6-10-9(13(8)20)2-1-3-12(10)19/h1-5,7,19H,6H2/b8-7-. The first-order valence-corrected chi connectivity index (χ1v) is 7.58. The lowest BCUT2D eigenvalue weighted by Gasteiger charge is -1.98. The molecule has 21 heavy (non-hydrogen) atoms. The largest absolute Gasteiger partial charge is 0.508 e. The van der Waals surface area contributed by atoms with Gasteiger partial charge in [0.05, 0.1) is 5.69 Å². The summed E-state index contributed by atoms with van der Waals surface area (Å²) in [4.78, 5) is 17.4. The van der Waals surface area contributed by atoms with Crippen LogP contribution in [0.1, 0.15) is 21.6 Å². The molecule has 0 saturated heterocycles. The second kappa shape index (κ2) is 4.44. The van der Waals surface area contributed by atoms with Crippen molar-refractivity contribution in [1.29, 1.82) is 0 Å². The fourth-order valence-electron chi connectivity index (χ4n) is 2.60. The van der Waals surface area contributed by atoms with Crippen LogP contribution in [0.5, 0.6) is 5.75 Å². The Morgan fingerprint density at radius 2 is 2.29 bits per heavy atom. The molecule has 4 rings (SSSR count). The molecule has 1 aliphatic carbocycles. The zero-order valence-corrected chi connectivity index (χ0v) is 12.3. The lowest BCUT2D eigenvalue weighted by atomic mass is 10.1. The molecule has 2 heterocycles. The first-order valence-electron chi connectivity index (χ1n) is 6.32. The molecular weight excluding hydrogens is 308 g/mol. The number of allylic oxidation sites excluding steroid dienone is 1. The summed E-state index contributed by atoms with van der Waals surface area (Å²) in [5.74, 6) is 0.0893. The smallest absolute Gasteiger partial charge is 0.195 e. The highest BCUT2D eigenvalue weighted by molar-refractivity contribution is 7.15. The van der Waals surface area contributed by atoms with Gasteiger partial charge in [-0.15, -0.1) is 11.3 Å². The van der Waals surface area contributed by atoms with Crippen molar-refractivity contribution in [2.45, 2.75) is 6.42 Å². The molecule has 1 N–H and O–H groups in total. The number of hydrogen-bond donors (Lipinski definition) is 1. The molecule has 0 saturated carbocycles. The van der Waals surface area contributed by atoms with Gasteiger partial charge in [-0.2, -0.15) is 0 Å². The van der Waals surface area contributed by atoms with Crippen LogP contribution in [-0.2, 0) is 6.42 Å². The van der Waals surface area contributed by atoms with E-state index in [1.165, 1.54) is 11.3 Å². The average molecular weight is 317 g/mol. The van der Waals surface area contributed by atoms with Gasteiger partial charge < -0.3 is 5.11 Å². The predicted octanol–water partition coefficient (Wildman–Crippen LogP) is 3.58. The highest BCUT2D eigenvalue weighted by Gasteiger charge is 2.27.